The number of ether oxygens (including phenoxy) is 1. The average Bonchev–Trinajstić information content (AvgIpc) is 2.80. The van der Waals surface area contributed by atoms with Gasteiger partial charge >= 0.3 is 12.1 Å². The number of aromatic nitrogens is 1. The quantitative estimate of drug-likeness (QED) is 0.852. The number of nitrogens with one attached hydrogen (secondary N) is 1. The highest BCUT2D eigenvalue weighted by atomic mass is 19.4. The molecule has 0 aliphatic carbocycles. The summed E-state index contributed by atoms with van der Waals surface area (Å²) >= 11 is 0. The molecule has 0 spiro atoms. The van der Waals surface area contributed by atoms with Crippen molar-refractivity contribution in [1.29, 1.82) is 0 Å². The number of benzene rings is 1. The van der Waals surface area contributed by atoms with Crippen LogP contribution in [0.1, 0.15) is 24.5 Å². The second kappa shape index (κ2) is 5.64. The average molecular weight is 315 g/mol. The van der Waals surface area contributed by atoms with Crippen LogP contribution in [0.4, 0.5) is 13.2 Å². The summed E-state index contributed by atoms with van der Waals surface area (Å²) in [7, 11) is 0. The number of H-pyrrole nitrogens is 1. The number of esters is 1. The molecule has 1 heterocycles. The number of carbonyl (C=O) groups excluding carboxylic acids is 1. The molecule has 1 atom stereocenters. The van der Waals surface area contributed by atoms with E-state index in [0.717, 1.165) is 11.8 Å². The van der Waals surface area contributed by atoms with Crippen LogP contribution in [0, 0.1) is 6.92 Å². The normalized spacial score (nSPS) is 14.8. The molecule has 0 saturated heterocycles. The first-order valence-electron chi connectivity index (χ1n) is 6.72. The van der Waals surface area contributed by atoms with Crippen molar-refractivity contribution in [1.82, 2.24) is 4.98 Å². The molecule has 4 nitrogen and oxygen atoms in total. The van der Waals surface area contributed by atoms with Crippen LogP contribution in [0.2, 0.25) is 0 Å². The molecule has 2 rings (SSSR count). The number of aryl methyl sites for hydroxylation is 1. The molecule has 0 amide bonds. The maximum absolute atomic E-state index is 13.4. The lowest BCUT2D eigenvalue weighted by atomic mass is 9.89. The zero-order valence-corrected chi connectivity index (χ0v) is 12.1. The Balaban J connectivity index is 2.57. The van der Waals surface area contributed by atoms with E-state index in [1.54, 1.807) is 19.1 Å². The molecule has 0 saturated carbocycles. The van der Waals surface area contributed by atoms with Crippen LogP contribution < -0.4 is 0 Å². The van der Waals surface area contributed by atoms with E-state index in [0.29, 0.717) is 5.52 Å². The first kappa shape index (κ1) is 16.4. The Labute approximate surface area is 124 Å². The van der Waals surface area contributed by atoms with Gasteiger partial charge < -0.3 is 14.8 Å². The van der Waals surface area contributed by atoms with Gasteiger partial charge in [0.2, 0.25) is 0 Å². The van der Waals surface area contributed by atoms with Crippen molar-refractivity contribution in [3.8, 4) is 0 Å². The smallest absolute Gasteiger partial charge is 0.422 e. The maximum Gasteiger partial charge on any atom is 0.422 e. The van der Waals surface area contributed by atoms with Crippen LogP contribution in [0.3, 0.4) is 0 Å². The minimum absolute atomic E-state index is 0.0558. The van der Waals surface area contributed by atoms with Gasteiger partial charge in [-0.15, -0.1) is 0 Å². The van der Waals surface area contributed by atoms with E-state index in [2.05, 4.69) is 9.72 Å². The molecular formula is C15H16F3NO3. The SMILES string of the molecule is CCOC(=O)CC(O)(c1c[nH]c2ccc(C)cc12)C(F)(F)F. The van der Waals surface area contributed by atoms with E-state index in [4.69, 9.17) is 0 Å². The Morgan fingerprint density at radius 2 is 2.05 bits per heavy atom. The van der Waals surface area contributed by atoms with Crippen molar-refractivity contribution in [3.63, 3.8) is 0 Å². The topological polar surface area (TPSA) is 62.3 Å². The van der Waals surface area contributed by atoms with Gasteiger partial charge in [-0.1, -0.05) is 11.6 Å². The summed E-state index contributed by atoms with van der Waals surface area (Å²) in [4.78, 5) is 14.2. The molecule has 1 aromatic carbocycles. The number of hydrogen-bond acceptors (Lipinski definition) is 3. The number of halogens is 3. The maximum atomic E-state index is 13.4. The molecule has 0 aliphatic heterocycles. The van der Waals surface area contributed by atoms with Crippen molar-refractivity contribution < 1.29 is 27.8 Å². The Hall–Kier alpha value is -2.02. The van der Waals surface area contributed by atoms with E-state index < -0.39 is 24.2 Å². The molecule has 0 aliphatic rings. The highest BCUT2D eigenvalue weighted by Gasteiger charge is 2.57. The van der Waals surface area contributed by atoms with Crippen LogP contribution in [0.5, 0.6) is 0 Å². The van der Waals surface area contributed by atoms with Crippen molar-refractivity contribution >= 4 is 16.9 Å². The molecule has 0 fully saturated rings. The largest absolute Gasteiger partial charge is 0.466 e. The molecule has 120 valence electrons. The second-order valence-corrected chi connectivity index (χ2v) is 5.09. The van der Waals surface area contributed by atoms with Crippen LogP contribution >= 0.6 is 0 Å². The fourth-order valence-corrected chi connectivity index (χ4v) is 2.35. The van der Waals surface area contributed by atoms with Crippen molar-refractivity contribution in [2.75, 3.05) is 6.61 Å². The van der Waals surface area contributed by atoms with Crippen molar-refractivity contribution in [3.05, 3.63) is 35.5 Å². The Kier molecular flexibility index (Phi) is 4.19. The van der Waals surface area contributed by atoms with E-state index in [1.807, 2.05) is 0 Å². The van der Waals surface area contributed by atoms with E-state index >= 15 is 0 Å². The lowest BCUT2D eigenvalue weighted by Crippen LogP contribution is -2.44. The van der Waals surface area contributed by atoms with Gasteiger partial charge in [-0.05, 0) is 26.0 Å². The molecule has 7 heteroatoms. The third kappa shape index (κ3) is 2.81. The summed E-state index contributed by atoms with van der Waals surface area (Å²) in [5, 5.41) is 10.5. The van der Waals surface area contributed by atoms with Crippen LogP contribution in [0.15, 0.2) is 24.4 Å². The van der Waals surface area contributed by atoms with Gasteiger partial charge in [0.05, 0.1) is 13.0 Å². The summed E-state index contributed by atoms with van der Waals surface area (Å²) < 4.78 is 44.8. The highest BCUT2D eigenvalue weighted by Crippen LogP contribution is 2.44. The predicted octanol–water partition coefficient (Wildman–Crippen LogP) is 3.18. The first-order chi connectivity index (χ1) is 10.2. The highest BCUT2D eigenvalue weighted by molar-refractivity contribution is 5.86. The Morgan fingerprint density at radius 3 is 2.64 bits per heavy atom. The monoisotopic (exact) mass is 315 g/mol. The Morgan fingerprint density at radius 1 is 1.36 bits per heavy atom. The van der Waals surface area contributed by atoms with Gasteiger partial charge in [-0.3, -0.25) is 4.79 Å². The van der Waals surface area contributed by atoms with E-state index in [1.165, 1.54) is 13.0 Å². The number of aromatic amines is 1. The van der Waals surface area contributed by atoms with Gasteiger partial charge in [0.15, 0.2) is 5.60 Å². The molecule has 1 unspecified atom stereocenters. The number of carbonyl (C=O) groups is 1. The van der Waals surface area contributed by atoms with E-state index in [-0.39, 0.29) is 17.6 Å². The standard InChI is InChI=1S/C15H16F3NO3/c1-3-22-13(20)7-14(21,15(16,17)18)11-8-19-12-5-4-9(2)6-10(11)12/h4-6,8,19,21H,3,7H2,1-2H3. The van der Waals surface area contributed by atoms with Crippen molar-refractivity contribution in [2.24, 2.45) is 0 Å². The summed E-state index contributed by atoms with van der Waals surface area (Å²) in [5.41, 5.74) is -2.49. The molecule has 0 bridgehead atoms. The predicted molar refractivity (Wildman–Crippen MR) is 74.2 cm³/mol. The fraction of sp³-hybridized carbons (Fsp3) is 0.400. The number of rotatable bonds is 4. The molecular weight excluding hydrogens is 299 g/mol. The number of aliphatic hydroxyl groups is 1. The Bertz CT molecular complexity index is 693. The molecule has 22 heavy (non-hydrogen) atoms. The number of alkyl halides is 3. The minimum atomic E-state index is -5.02. The van der Waals surface area contributed by atoms with Crippen LogP contribution in [0.25, 0.3) is 10.9 Å². The zero-order valence-electron chi connectivity index (χ0n) is 12.1. The zero-order chi connectivity index (χ0) is 16.5. The number of fused-ring (bicyclic) bond motifs is 1. The van der Waals surface area contributed by atoms with Gasteiger partial charge in [-0.25, -0.2) is 0 Å². The molecule has 2 aromatic rings. The molecule has 2 N–H and O–H groups in total. The lowest BCUT2D eigenvalue weighted by molar-refractivity contribution is -0.269. The van der Waals surface area contributed by atoms with Crippen LogP contribution in [-0.4, -0.2) is 28.8 Å². The molecule has 1 aromatic heterocycles. The van der Waals surface area contributed by atoms with Gasteiger partial charge in [0, 0.05) is 22.7 Å². The third-order valence-electron chi connectivity index (χ3n) is 3.46. The molecule has 0 radical (unpaired) electrons. The summed E-state index contributed by atoms with van der Waals surface area (Å²) in [5.74, 6) is -1.11. The summed E-state index contributed by atoms with van der Waals surface area (Å²) in [6.07, 6.45) is -5.12. The fourth-order valence-electron chi connectivity index (χ4n) is 2.35. The number of hydrogen-bond donors (Lipinski definition) is 2. The van der Waals surface area contributed by atoms with E-state index in [9.17, 15) is 23.1 Å². The van der Waals surface area contributed by atoms with Gasteiger partial charge in [-0.2, -0.15) is 13.2 Å². The van der Waals surface area contributed by atoms with Gasteiger partial charge in [0.25, 0.3) is 0 Å². The lowest BCUT2D eigenvalue weighted by Gasteiger charge is -2.29. The first-order valence-corrected chi connectivity index (χ1v) is 6.72. The van der Waals surface area contributed by atoms with Gasteiger partial charge in [0.1, 0.15) is 0 Å². The minimum Gasteiger partial charge on any atom is -0.466 e. The van der Waals surface area contributed by atoms with Crippen molar-refractivity contribution in [2.45, 2.75) is 32.0 Å². The summed E-state index contributed by atoms with van der Waals surface area (Å²) in [6, 6.07) is 4.89. The van der Waals surface area contributed by atoms with Crippen LogP contribution in [-0.2, 0) is 15.1 Å². The third-order valence-corrected chi connectivity index (χ3v) is 3.46. The summed E-state index contributed by atoms with van der Waals surface area (Å²) in [6.45, 7) is 3.16. The second-order valence-electron chi connectivity index (χ2n) is 5.09.